The van der Waals surface area contributed by atoms with E-state index >= 15 is 0 Å². The molecule has 3 aromatic carbocycles. The molecule has 11 heteroatoms. The molecule has 2 atom stereocenters. The summed E-state index contributed by atoms with van der Waals surface area (Å²) in [5, 5.41) is 17.7. The van der Waals surface area contributed by atoms with Crippen LogP contribution in [0.5, 0.6) is 0 Å². The molecule has 0 saturated heterocycles. The molecule has 0 aliphatic rings. The number of aliphatic hydroxyl groups excluding tert-OH is 1. The second kappa shape index (κ2) is 15.5. The van der Waals surface area contributed by atoms with Gasteiger partial charge in [-0.2, -0.15) is 4.31 Å². The van der Waals surface area contributed by atoms with Crippen molar-refractivity contribution >= 4 is 38.5 Å². The van der Waals surface area contributed by atoms with E-state index in [4.69, 9.17) is 10.5 Å². The number of nitrogens with zero attached hydrogens (tertiary/aromatic N) is 1. The Bertz CT molecular complexity index is 1420. The highest BCUT2D eigenvalue weighted by atomic mass is 32.2. The molecule has 0 bridgehead atoms. The predicted molar refractivity (Wildman–Crippen MR) is 164 cm³/mol. The maximum atomic E-state index is 13.5. The lowest BCUT2D eigenvalue weighted by Crippen LogP contribution is -2.48. The van der Waals surface area contributed by atoms with Crippen molar-refractivity contribution in [3.05, 3.63) is 72.3 Å². The van der Waals surface area contributed by atoms with Crippen LogP contribution in [-0.2, 0) is 26.0 Å². The van der Waals surface area contributed by atoms with Crippen LogP contribution < -0.4 is 16.4 Å². The third-order valence-electron chi connectivity index (χ3n) is 6.85. The Morgan fingerprint density at radius 1 is 1.02 bits per heavy atom. The Morgan fingerprint density at radius 3 is 2.38 bits per heavy atom. The number of sulfonamides is 1. The van der Waals surface area contributed by atoms with Gasteiger partial charge in [0, 0.05) is 31.2 Å². The third kappa shape index (κ3) is 8.91. The molecule has 10 nitrogen and oxygen atoms in total. The molecule has 0 fully saturated rings. The van der Waals surface area contributed by atoms with E-state index in [0.29, 0.717) is 18.5 Å². The van der Waals surface area contributed by atoms with Gasteiger partial charge in [0.05, 0.1) is 18.1 Å². The van der Waals surface area contributed by atoms with Crippen LogP contribution in [0.4, 0.5) is 10.5 Å². The van der Waals surface area contributed by atoms with Gasteiger partial charge < -0.3 is 26.2 Å². The first kappa shape index (κ1) is 32.8. The highest BCUT2D eigenvalue weighted by molar-refractivity contribution is 7.89. The predicted octanol–water partition coefficient (Wildman–Crippen LogP) is 3.68. The topological polar surface area (TPSA) is 151 Å². The molecule has 3 rings (SSSR count). The molecule has 5 N–H and O–H groups in total. The summed E-state index contributed by atoms with van der Waals surface area (Å²) in [6.07, 6.45) is 0.295. The summed E-state index contributed by atoms with van der Waals surface area (Å²) < 4.78 is 33.3. The number of benzene rings is 3. The molecule has 0 aliphatic carbocycles. The molecule has 1 unspecified atom stereocenters. The quantitative estimate of drug-likeness (QED) is 0.154. The van der Waals surface area contributed by atoms with Crippen molar-refractivity contribution in [1.82, 2.24) is 14.9 Å². The molecule has 0 radical (unpaired) electrons. The van der Waals surface area contributed by atoms with Crippen LogP contribution in [0.1, 0.15) is 39.2 Å². The number of nitrogens with one attached hydrogen (secondary N) is 2. The third-order valence-corrected chi connectivity index (χ3v) is 8.78. The molecular weight excluding hydrogens is 556 g/mol. The van der Waals surface area contributed by atoms with E-state index in [1.165, 1.54) is 28.6 Å². The molecule has 42 heavy (non-hydrogen) atoms. The van der Waals surface area contributed by atoms with Gasteiger partial charge in [-0.15, -0.1) is 0 Å². The highest BCUT2D eigenvalue weighted by Gasteiger charge is 2.31. The Labute approximate surface area is 248 Å². The Morgan fingerprint density at radius 2 is 1.71 bits per heavy atom. The van der Waals surface area contributed by atoms with Crippen LogP contribution in [0.3, 0.4) is 0 Å². The highest BCUT2D eigenvalue weighted by Crippen LogP contribution is 2.23. The number of ether oxygens (including phenoxy) is 1. The van der Waals surface area contributed by atoms with Gasteiger partial charge in [-0.1, -0.05) is 56.3 Å². The molecule has 0 aliphatic heterocycles. The van der Waals surface area contributed by atoms with Gasteiger partial charge in [-0.3, -0.25) is 4.79 Å². The monoisotopic (exact) mass is 598 g/mol. The maximum absolute atomic E-state index is 13.5. The summed E-state index contributed by atoms with van der Waals surface area (Å²) in [6, 6.07) is 18.1. The number of aliphatic hydroxyl groups is 1. The second-order valence-corrected chi connectivity index (χ2v) is 12.5. The number of rotatable bonds is 15. The van der Waals surface area contributed by atoms with Crippen molar-refractivity contribution < 1.29 is 27.9 Å². The Kier molecular flexibility index (Phi) is 12.1. The summed E-state index contributed by atoms with van der Waals surface area (Å²) in [6.45, 7) is 5.75. The lowest BCUT2D eigenvalue weighted by Gasteiger charge is -2.31. The smallest absolute Gasteiger partial charge is 0.407 e. The van der Waals surface area contributed by atoms with Gasteiger partial charge in [-0.05, 0) is 66.3 Å². The van der Waals surface area contributed by atoms with Crippen molar-refractivity contribution in [3.63, 3.8) is 0 Å². The molecule has 0 heterocycles. The van der Waals surface area contributed by atoms with Crippen molar-refractivity contribution in [2.75, 3.05) is 32.0 Å². The fraction of sp³-hybridized carbons (Fsp3) is 0.419. The van der Waals surface area contributed by atoms with Crippen LogP contribution in [0.2, 0.25) is 0 Å². The van der Waals surface area contributed by atoms with E-state index in [1.807, 2.05) is 56.3 Å². The average Bonchev–Trinajstić information content (AvgIpc) is 2.96. The fourth-order valence-electron chi connectivity index (χ4n) is 4.79. The van der Waals surface area contributed by atoms with Crippen LogP contribution in [0.25, 0.3) is 10.8 Å². The molecule has 0 spiro atoms. The van der Waals surface area contributed by atoms with Crippen molar-refractivity contribution in [3.8, 4) is 0 Å². The zero-order valence-corrected chi connectivity index (χ0v) is 25.3. The molecular formula is C31H42N4O6S. The van der Waals surface area contributed by atoms with Gasteiger partial charge in [0.25, 0.3) is 0 Å². The van der Waals surface area contributed by atoms with Crippen molar-refractivity contribution in [1.29, 1.82) is 0 Å². The van der Waals surface area contributed by atoms with Crippen LogP contribution in [0, 0.1) is 5.92 Å². The van der Waals surface area contributed by atoms with E-state index in [2.05, 4.69) is 10.6 Å². The van der Waals surface area contributed by atoms with E-state index in [1.54, 1.807) is 6.92 Å². The number of nitrogen functional groups attached to an aromatic ring is 1. The second-order valence-electron chi connectivity index (χ2n) is 10.6. The number of anilines is 1. The first-order valence-electron chi connectivity index (χ1n) is 14.2. The van der Waals surface area contributed by atoms with Crippen molar-refractivity contribution in [2.45, 2.75) is 57.0 Å². The lowest BCUT2D eigenvalue weighted by molar-refractivity contribution is -0.123. The van der Waals surface area contributed by atoms with Gasteiger partial charge in [0.2, 0.25) is 15.9 Å². The minimum absolute atomic E-state index is 0.0195. The van der Waals surface area contributed by atoms with Crippen LogP contribution >= 0.6 is 0 Å². The van der Waals surface area contributed by atoms with Gasteiger partial charge >= 0.3 is 6.09 Å². The number of carbonyl (C=O) groups is 2. The molecule has 0 saturated carbocycles. The largest absolute Gasteiger partial charge is 0.450 e. The number of fused-ring (bicyclic) bond motifs is 1. The summed E-state index contributed by atoms with van der Waals surface area (Å²) in [5.74, 6) is -0.365. The van der Waals surface area contributed by atoms with E-state index in [-0.39, 0.29) is 49.4 Å². The van der Waals surface area contributed by atoms with Gasteiger partial charge in [0.1, 0.15) is 6.04 Å². The zero-order valence-electron chi connectivity index (χ0n) is 24.5. The number of hydrogen-bond donors (Lipinski definition) is 4. The Hall–Kier alpha value is -3.67. The summed E-state index contributed by atoms with van der Waals surface area (Å²) >= 11 is 0. The molecule has 228 valence electrons. The molecule has 3 aromatic rings. The number of hydrogen-bond acceptors (Lipinski definition) is 7. The minimum Gasteiger partial charge on any atom is -0.450 e. The van der Waals surface area contributed by atoms with Crippen molar-refractivity contribution in [2.24, 2.45) is 5.92 Å². The van der Waals surface area contributed by atoms with E-state index < -0.39 is 28.2 Å². The maximum Gasteiger partial charge on any atom is 0.407 e. The fourth-order valence-corrected chi connectivity index (χ4v) is 6.60. The van der Waals surface area contributed by atoms with Gasteiger partial charge in [-0.25, -0.2) is 13.2 Å². The normalized spacial score (nSPS) is 13.2. The first-order valence-corrected chi connectivity index (χ1v) is 15.7. The summed E-state index contributed by atoms with van der Waals surface area (Å²) in [7, 11) is -3.89. The zero-order chi connectivity index (χ0) is 30.7. The van der Waals surface area contributed by atoms with Gasteiger partial charge in [0.15, 0.2) is 0 Å². The summed E-state index contributed by atoms with van der Waals surface area (Å²) in [4.78, 5) is 25.6. The molecule has 0 aromatic heterocycles. The van der Waals surface area contributed by atoms with E-state index in [9.17, 15) is 23.1 Å². The SMILES string of the molecule is CCOC(=O)N[C@@H](Cc1cccc2ccccc12)C(=O)NCCCC(CO)N(CC(C)C)S(=O)(=O)c1ccc(N)cc1. The van der Waals surface area contributed by atoms with E-state index in [0.717, 1.165) is 16.3 Å². The number of amides is 2. The summed E-state index contributed by atoms with van der Waals surface area (Å²) in [5.41, 5.74) is 7.09. The number of nitrogens with two attached hydrogens (primary N) is 1. The number of carbonyl (C=O) groups excluding carboxylic acids is 2. The minimum atomic E-state index is -3.89. The Balaban J connectivity index is 1.69. The number of alkyl carbamates (subject to hydrolysis) is 1. The average molecular weight is 599 g/mol. The molecule has 2 amide bonds. The lowest BCUT2D eigenvalue weighted by atomic mass is 9.98. The van der Waals surface area contributed by atoms with Crippen LogP contribution in [0.15, 0.2) is 71.6 Å². The standard InChI is InChI=1S/C31H42N4O6S/c1-4-41-31(38)34-29(19-24-11-7-10-23-9-5-6-13-28(23)24)30(37)33-18-8-12-26(21-36)35(20-22(2)3)42(39,40)27-16-14-25(32)15-17-27/h5-7,9-11,13-17,22,26,29,36H,4,8,12,18-21,32H2,1-3H3,(H,33,37)(H,34,38)/t26?,29-/m0/s1. The first-order chi connectivity index (χ1) is 20.1. The van der Waals surface area contributed by atoms with Crippen LogP contribution in [-0.4, -0.2) is 68.2 Å².